The van der Waals surface area contributed by atoms with E-state index in [2.05, 4.69) is 15.0 Å². The van der Waals surface area contributed by atoms with Crippen molar-refractivity contribution in [2.24, 2.45) is 0 Å². The predicted octanol–water partition coefficient (Wildman–Crippen LogP) is 3.03. The van der Waals surface area contributed by atoms with Gasteiger partial charge in [0.25, 0.3) is 6.01 Å². The third kappa shape index (κ3) is 4.33. The normalized spacial score (nSPS) is 27.1. The minimum atomic E-state index is -0.657. The molecule has 2 fully saturated rings. The Kier molecular flexibility index (Phi) is 6.30. The van der Waals surface area contributed by atoms with Gasteiger partial charge in [0.05, 0.1) is 42.7 Å². The number of rotatable bonds is 7. The lowest BCUT2D eigenvalue weighted by atomic mass is 9.94. The first-order chi connectivity index (χ1) is 17.5. The van der Waals surface area contributed by atoms with E-state index in [0.29, 0.717) is 65.0 Å². The van der Waals surface area contributed by atoms with Crippen LogP contribution in [0.5, 0.6) is 11.8 Å². The number of aliphatic hydroxyl groups excluding tert-OH is 1. The number of H-pyrrole nitrogens is 1. The summed E-state index contributed by atoms with van der Waals surface area (Å²) in [6.07, 6.45) is 2.21. The minimum absolute atomic E-state index is 0.219. The minimum Gasteiger partial charge on any atom is -0.493 e. The van der Waals surface area contributed by atoms with Crippen LogP contribution in [-0.2, 0) is 20.6 Å². The second-order valence-electron chi connectivity index (χ2n) is 9.13. The second kappa shape index (κ2) is 9.60. The summed E-state index contributed by atoms with van der Waals surface area (Å²) < 4.78 is 43.0. The third-order valence-corrected chi connectivity index (χ3v) is 7.02. The number of hydrogen-bond acceptors (Lipinski definition) is 8. The number of pyridine rings is 1. The molecule has 9 nitrogen and oxygen atoms in total. The third-order valence-electron chi connectivity index (χ3n) is 6.70. The molecule has 0 radical (unpaired) electrons. The van der Waals surface area contributed by atoms with Crippen LogP contribution in [-0.4, -0.2) is 78.0 Å². The number of methoxy groups -OCH3 is 1. The number of benzene rings is 1. The number of nitrogens with one attached hydrogen (secondary N) is 1. The van der Waals surface area contributed by atoms with E-state index >= 15 is 4.39 Å². The predicted molar refractivity (Wildman–Crippen MR) is 128 cm³/mol. The highest BCUT2D eigenvalue weighted by atomic mass is 35.5. The summed E-state index contributed by atoms with van der Waals surface area (Å²) in [7, 11) is 1.60. The van der Waals surface area contributed by atoms with Gasteiger partial charge in [-0.05, 0) is 23.8 Å². The molecule has 6 rings (SSSR count). The molecule has 11 heteroatoms. The van der Waals surface area contributed by atoms with E-state index in [9.17, 15) is 5.11 Å². The van der Waals surface area contributed by atoms with Gasteiger partial charge in [0.15, 0.2) is 11.8 Å². The molecule has 2 N–H and O–H groups in total. The highest BCUT2D eigenvalue weighted by molar-refractivity contribution is 6.31. The number of aromatic nitrogens is 3. The fraction of sp³-hybridized carbons (Fsp3) is 0.440. The van der Waals surface area contributed by atoms with Gasteiger partial charge in [-0.2, -0.15) is 4.98 Å². The highest BCUT2D eigenvalue weighted by Gasteiger charge is 2.48. The molecule has 0 amide bonds. The van der Waals surface area contributed by atoms with Crippen LogP contribution in [0.15, 0.2) is 24.3 Å². The Morgan fingerprint density at radius 3 is 2.92 bits per heavy atom. The van der Waals surface area contributed by atoms with Crippen LogP contribution >= 0.6 is 11.6 Å². The standard InChI is InChI=1S/C25H25ClFN3O6/c1-32-4-2-3-12-5-15(27)21-13(9-33-19(21)6-12)7-16-14(26)8-17-24(28-16)30-25(29-17)36-20-11-35-22-18(31)10-34-23(20)22/h2-3,5-6,8,13,18,20,22-23,31H,4,7,9-11H2,1H3,(H,28,29,30)/b3-2+/t13-,18+,20+,22+,23+/m0/s1. The van der Waals surface area contributed by atoms with Gasteiger partial charge in [-0.1, -0.05) is 23.8 Å². The van der Waals surface area contributed by atoms with Crippen LogP contribution < -0.4 is 9.47 Å². The van der Waals surface area contributed by atoms with Gasteiger partial charge < -0.3 is 33.8 Å². The van der Waals surface area contributed by atoms with Crippen LogP contribution in [0.2, 0.25) is 5.02 Å². The van der Waals surface area contributed by atoms with Crippen LogP contribution in [0.4, 0.5) is 4.39 Å². The Morgan fingerprint density at radius 1 is 1.19 bits per heavy atom. The number of aromatic amines is 1. The van der Waals surface area contributed by atoms with Gasteiger partial charge in [0.1, 0.15) is 29.9 Å². The number of ether oxygens (including phenoxy) is 5. The molecule has 3 aliphatic rings. The zero-order valence-corrected chi connectivity index (χ0v) is 20.2. The average molecular weight is 518 g/mol. The van der Waals surface area contributed by atoms with Gasteiger partial charge in [0, 0.05) is 25.0 Å². The zero-order valence-electron chi connectivity index (χ0n) is 19.4. The van der Waals surface area contributed by atoms with Gasteiger partial charge in [-0.25, -0.2) is 9.37 Å². The number of halogens is 2. The molecule has 0 saturated carbocycles. The number of hydrogen-bond donors (Lipinski definition) is 2. The summed E-state index contributed by atoms with van der Waals surface area (Å²) in [5.74, 6) is -0.0234. The van der Waals surface area contributed by atoms with Crippen molar-refractivity contribution >= 4 is 28.8 Å². The van der Waals surface area contributed by atoms with Gasteiger partial charge in [0.2, 0.25) is 0 Å². The summed E-state index contributed by atoms with van der Waals surface area (Å²) in [4.78, 5) is 12.1. The molecule has 0 spiro atoms. The van der Waals surface area contributed by atoms with E-state index in [4.69, 9.17) is 35.3 Å². The van der Waals surface area contributed by atoms with Crippen LogP contribution in [0.1, 0.15) is 22.7 Å². The molecule has 2 saturated heterocycles. The number of imidazole rings is 1. The lowest BCUT2D eigenvalue weighted by Crippen LogP contribution is -2.34. The Morgan fingerprint density at radius 2 is 2.06 bits per heavy atom. The first-order valence-electron chi connectivity index (χ1n) is 11.7. The van der Waals surface area contributed by atoms with Crippen LogP contribution in [0.3, 0.4) is 0 Å². The SMILES string of the molecule is COC/C=C/c1cc(F)c2c(c1)OC[C@@H]2Cc1nc2nc(O[C@@H]3CO[C@H]4[C@@H]3OC[C@H]4O)[nH]c2cc1Cl. The average Bonchev–Trinajstić information content (AvgIpc) is 3.61. The summed E-state index contributed by atoms with van der Waals surface area (Å²) in [5, 5.41) is 10.4. The molecule has 2 aromatic heterocycles. The Hall–Kier alpha value is -2.76. The van der Waals surface area contributed by atoms with Gasteiger partial charge in [-0.15, -0.1) is 0 Å². The summed E-state index contributed by atoms with van der Waals surface area (Å²) in [6.45, 7) is 1.29. The summed E-state index contributed by atoms with van der Waals surface area (Å²) in [6, 6.07) is 5.32. The lowest BCUT2D eigenvalue weighted by Gasteiger charge is -2.15. The largest absolute Gasteiger partial charge is 0.493 e. The molecule has 190 valence electrons. The van der Waals surface area contributed by atoms with E-state index in [0.717, 1.165) is 0 Å². The molecule has 5 atom stereocenters. The van der Waals surface area contributed by atoms with Gasteiger partial charge in [-0.3, -0.25) is 0 Å². The number of aliphatic hydroxyl groups is 1. The summed E-state index contributed by atoms with van der Waals surface area (Å²) >= 11 is 6.54. The molecule has 5 heterocycles. The molecular formula is C25H25ClFN3O6. The molecule has 36 heavy (non-hydrogen) atoms. The van der Waals surface area contributed by atoms with Gasteiger partial charge >= 0.3 is 0 Å². The van der Waals surface area contributed by atoms with E-state index < -0.39 is 18.3 Å². The van der Waals surface area contributed by atoms with E-state index in [-0.39, 0.29) is 30.5 Å². The first kappa shape index (κ1) is 23.6. The van der Waals surface area contributed by atoms with Crippen molar-refractivity contribution in [2.75, 3.05) is 33.5 Å². The van der Waals surface area contributed by atoms with E-state index in [1.54, 1.807) is 19.3 Å². The molecule has 0 bridgehead atoms. The van der Waals surface area contributed by atoms with Crippen molar-refractivity contribution in [3.05, 3.63) is 51.9 Å². The molecule has 3 aromatic rings. The fourth-order valence-corrected chi connectivity index (χ4v) is 5.22. The monoisotopic (exact) mass is 517 g/mol. The smallest absolute Gasteiger partial charge is 0.296 e. The maximum absolute atomic E-state index is 15.0. The van der Waals surface area contributed by atoms with Crippen molar-refractivity contribution in [1.82, 2.24) is 15.0 Å². The van der Waals surface area contributed by atoms with E-state index in [1.807, 2.05) is 12.1 Å². The van der Waals surface area contributed by atoms with Crippen molar-refractivity contribution < 1.29 is 33.2 Å². The maximum Gasteiger partial charge on any atom is 0.296 e. The highest BCUT2D eigenvalue weighted by Crippen LogP contribution is 2.40. The molecule has 1 aromatic carbocycles. The van der Waals surface area contributed by atoms with Crippen molar-refractivity contribution in [3.63, 3.8) is 0 Å². The first-order valence-corrected chi connectivity index (χ1v) is 12.1. The quantitative estimate of drug-likeness (QED) is 0.492. The molecule has 3 aliphatic heterocycles. The Bertz CT molecular complexity index is 1320. The topological polar surface area (TPSA) is 108 Å². The van der Waals surface area contributed by atoms with Crippen LogP contribution in [0.25, 0.3) is 17.2 Å². The second-order valence-corrected chi connectivity index (χ2v) is 9.54. The lowest BCUT2D eigenvalue weighted by molar-refractivity contribution is 0.00706. The van der Waals surface area contributed by atoms with Crippen molar-refractivity contribution in [3.8, 4) is 11.8 Å². The number of nitrogens with zero attached hydrogens (tertiary/aromatic N) is 2. The Labute approximate surface area is 211 Å². The molecule has 0 aliphatic carbocycles. The maximum atomic E-state index is 15.0. The zero-order chi connectivity index (χ0) is 24.8. The summed E-state index contributed by atoms with van der Waals surface area (Å²) in [5.41, 5.74) is 2.88. The Balaban J connectivity index is 1.20. The van der Waals surface area contributed by atoms with Crippen molar-refractivity contribution in [1.29, 1.82) is 0 Å². The molecular weight excluding hydrogens is 493 g/mol. The molecule has 0 unspecified atom stereocenters. The van der Waals surface area contributed by atoms with Crippen LogP contribution in [0, 0.1) is 5.82 Å². The fourth-order valence-electron chi connectivity index (χ4n) is 4.99. The number of fused-ring (bicyclic) bond motifs is 3. The van der Waals surface area contributed by atoms with E-state index in [1.165, 1.54) is 6.07 Å². The van der Waals surface area contributed by atoms with Crippen molar-refractivity contribution in [2.45, 2.75) is 36.8 Å².